The zero-order chi connectivity index (χ0) is 14.7. The number of allylic oxidation sites excluding steroid dienone is 1. The van der Waals surface area contributed by atoms with Gasteiger partial charge in [0.05, 0.1) is 12.7 Å². The van der Waals surface area contributed by atoms with Crippen molar-refractivity contribution in [2.24, 2.45) is 5.92 Å². The molecule has 0 amide bonds. The minimum atomic E-state index is 0.445. The first-order valence-electron chi connectivity index (χ1n) is 8.60. The Morgan fingerprint density at radius 2 is 1.48 bits per heavy atom. The van der Waals surface area contributed by atoms with Crippen molar-refractivity contribution in [3.63, 3.8) is 0 Å². The van der Waals surface area contributed by atoms with Crippen LogP contribution in [0.25, 0.3) is 0 Å². The van der Waals surface area contributed by atoms with Gasteiger partial charge in [0.2, 0.25) is 0 Å². The molecule has 0 radical (unpaired) electrons. The maximum absolute atomic E-state index is 5.81. The Balaban J connectivity index is 1.60. The summed E-state index contributed by atoms with van der Waals surface area (Å²) in [4.78, 5) is 0. The third kappa shape index (κ3) is 3.58. The average Bonchev–Trinajstić information content (AvgIpc) is 2.56. The van der Waals surface area contributed by atoms with Crippen molar-refractivity contribution in [3.8, 4) is 0 Å². The topological polar surface area (TPSA) is 9.23 Å². The van der Waals surface area contributed by atoms with Gasteiger partial charge in [-0.05, 0) is 68.4 Å². The summed E-state index contributed by atoms with van der Waals surface area (Å²) in [6.07, 6.45) is 10.3. The lowest BCUT2D eigenvalue weighted by Gasteiger charge is -2.29. The molecule has 1 aromatic carbocycles. The Labute approximate surface area is 129 Å². The Morgan fingerprint density at radius 3 is 2.00 bits per heavy atom. The lowest BCUT2D eigenvalue weighted by atomic mass is 9.78. The molecule has 1 saturated carbocycles. The van der Waals surface area contributed by atoms with E-state index >= 15 is 0 Å². The van der Waals surface area contributed by atoms with Crippen molar-refractivity contribution in [1.82, 2.24) is 0 Å². The lowest BCUT2D eigenvalue weighted by Crippen LogP contribution is -2.22. The predicted octanol–water partition coefficient (Wildman–Crippen LogP) is 5.43. The summed E-state index contributed by atoms with van der Waals surface area (Å²) in [6.45, 7) is 7.01. The second-order valence-electron chi connectivity index (χ2n) is 6.93. The summed E-state index contributed by atoms with van der Waals surface area (Å²) in [5.41, 5.74) is 3.00. The molecule has 1 aromatic rings. The fourth-order valence-electron chi connectivity index (χ4n) is 3.87. The quantitative estimate of drug-likeness (QED) is 0.673. The highest BCUT2D eigenvalue weighted by atomic mass is 16.5. The number of hydrogen-bond acceptors (Lipinski definition) is 1. The normalized spacial score (nSPS) is 33.6. The van der Waals surface area contributed by atoms with Crippen LogP contribution in [0.2, 0.25) is 0 Å². The van der Waals surface area contributed by atoms with Crippen molar-refractivity contribution < 1.29 is 4.74 Å². The first-order valence-corrected chi connectivity index (χ1v) is 8.60. The summed E-state index contributed by atoms with van der Waals surface area (Å²) in [7, 11) is 0. The van der Waals surface area contributed by atoms with Gasteiger partial charge >= 0.3 is 0 Å². The van der Waals surface area contributed by atoms with Gasteiger partial charge in [0.25, 0.3) is 0 Å². The molecule has 2 atom stereocenters. The highest BCUT2D eigenvalue weighted by Crippen LogP contribution is 2.37. The Hall–Kier alpha value is -1.08. The molecule has 1 heteroatoms. The van der Waals surface area contributed by atoms with E-state index in [1.165, 1.54) is 49.7 Å². The Bertz CT molecular complexity index is 445. The van der Waals surface area contributed by atoms with Gasteiger partial charge < -0.3 is 4.74 Å². The van der Waals surface area contributed by atoms with Crippen molar-refractivity contribution in [2.45, 2.75) is 63.4 Å². The van der Waals surface area contributed by atoms with E-state index in [4.69, 9.17) is 4.74 Å². The fraction of sp³-hybridized carbons (Fsp3) is 0.600. The predicted molar refractivity (Wildman–Crippen MR) is 88.7 cm³/mol. The van der Waals surface area contributed by atoms with Crippen LogP contribution in [0.4, 0.5) is 0 Å². The van der Waals surface area contributed by atoms with Crippen LogP contribution in [0.15, 0.2) is 36.9 Å². The summed E-state index contributed by atoms with van der Waals surface area (Å²) in [6, 6.07) is 9.43. The SMILES string of the molecule is C=CC1CCC(c2ccc(C3CCC(C)OC3)cc2)CC1. The first kappa shape index (κ1) is 14.8. The van der Waals surface area contributed by atoms with Crippen LogP contribution in [-0.2, 0) is 4.74 Å². The number of ether oxygens (including phenoxy) is 1. The molecule has 1 heterocycles. The highest BCUT2D eigenvalue weighted by Gasteiger charge is 2.22. The minimum absolute atomic E-state index is 0.445. The first-order chi connectivity index (χ1) is 10.3. The summed E-state index contributed by atoms with van der Waals surface area (Å²) in [5.74, 6) is 2.12. The molecule has 0 spiro atoms. The van der Waals surface area contributed by atoms with Crippen molar-refractivity contribution in [1.29, 1.82) is 0 Å². The summed E-state index contributed by atoms with van der Waals surface area (Å²) >= 11 is 0. The molecule has 1 aliphatic carbocycles. The third-order valence-corrected chi connectivity index (χ3v) is 5.49. The van der Waals surface area contributed by atoms with E-state index < -0.39 is 0 Å². The van der Waals surface area contributed by atoms with E-state index in [9.17, 15) is 0 Å². The highest BCUT2D eigenvalue weighted by molar-refractivity contribution is 5.28. The van der Waals surface area contributed by atoms with Gasteiger partial charge in [0, 0.05) is 5.92 Å². The number of hydrogen-bond donors (Lipinski definition) is 0. The second kappa shape index (κ2) is 6.79. The fourth-order valence-corrected chi connectivity index (χ4v) is 3.87. The van der Waals surface area contributed by atoms with Crippen molar-refractivity contribution in [2.75, 3.05) is 6.61 Å². The Kier molecular flexibility index (Phi) is 4.80. The van der Waals surface area contributed by atoms with Gasteiger partial charge in [0.15, 0.2) is 0 Å². The van der Waals surface area contributed by atoms with Crippen LogP contribution >= 0.6 is 0 Å². The molecule has 3 rings (SSSR count). The molecule has 0 aromatic heterocycles. The van der Waals surface area contributed by atoms with E-state index in [1.807, 2.05) is 0 Å². The van der Waals surface area contributed by atoms with Crippen LogP contribution in [-0.4, -0.2) is 12.7 Å². The van der Waals surface area contributed by atoms with Crippen molar-refractivity contribution in [3.05, 3.63) is 48.0 Å². The number of benzene rings is 1. The van der Waals surface area contributed by atoms with E-state index in [0.29, 0.717) is 12.0 Å². The molecule has 2 fully saturated rings. The number of rotatable bonds is 3. The van der Waals surface area contributed by atoms with Crippen LogP contribution < -0.4 is 0 Å². The zero-order valence-electron chi connectivity index (χ0n) is 13.3. The summed E-state index contributed by atoms with van der Waals surface area (Å²) in [5, 5.41) is 0. The summed E-state index contributed by atoms with van der Waals surface area (Å²) < 4.78 is 5.81. The van der Waals surface area contributed by atoms with Gasteiger partial charge in [-0.25, -0.2) is 0 Å². The molecule has 1 nitrogen and oxygen atoms in total. The van der Waals surface area contributed by atoms with E-state index in [2.05, 4.69) is 43.8 Å². The second-order valence-corrected chi connectivity index (χ2v) is 6.93. The average molecular weight is 284 g/mol. The van der Waals surface area contributed by atoms with Gasteiger partial charge in [-0.1, -0.05) is 30.3 Å². The third-order valence-electron chi connectivity index (χ3n) is 5.49. The molecule has 0 N–H and O–H groups in total. The minimum Gasteiger partial charge on any atom is -0.378 e. The van der Waals surface area contributed by atoms with Crippen molar-refractivity contribution >= 4 is 0 Å². The maximum Gasteiger partial charge on any atom is 0.0547 e. The molecule has 2 unspecified atom stereocenters. The molecular formula is C20H28O. The van der Waals surface area contributed by atoms with Crippen LogP contribution in [0, 0.1) is 5.92 Å². The van der Waals surface area contributed by atoms with Crippen LogP contribution in [0.5, 0.6) is 0 Å². The molecular weight excluding hydrogens is 256 g/mol. The van der Waals surface area contributed by atoms with E-state index in [-0.39, 0.29) is 0 Å². The largest absolute Gasteiger partial charge is 0.378 e. The molecule has 21 heavy (non-hydrogen) atoms. The van der Waals surface area contributed by atoms with Gasteiger partial charge in [0.1, 0.15) is 0 Å². The molecule has 1 saturated heterocycles. The van der Waals surface area contributed by atoms with Gasteiger partial charge in [-0.15, -0.1) is 6.58 Å². The van der Waals surface area contributed by atoms with E-state index in [0.717, 1.165) is 18.4 Å². The van der Waals surface area contributed by atoms with Gasteiger partial charge in [-0.3, -0.25) is 0 Å². The van der Waals surface area contributed by atoms with Gasteiger partial charge in [-0.2, -0.15) is 0 Å². The molecule has 2 aliphatic rings. The standard InChI is InChI=1S/C20H28O/c1-3-16-5-8-17(9-6-16)18-10-12-19(13-11-18)20-7-4-15(2)21-14-20/h3,10-13,15-17,20H,1,4-9,14H2,2H3. The monoisotopic (exact) mass is 284 g/mol. The Morgan fingerprint density at radius 1 is 0.905 bits per heavy atom. The zero-order valence-corrected chi connectivity index (χ0v) is 13.3. The molecule has 0 bridgehead atoms. The molecule has 1 aliphatic heterocycles. The maximum atomic E-state index is 5.81. The molecule has 114 valence electrons. The lowest BCUT2D eigenvalue weighted by molar-refractivity contribution is 0.0155. The smallest absolute Gasteiger partial charge is 0.0547 e. The van der Waals surface area contributed by atoms with Crippen LogP contribution in [0.3, 0.4) is 0 Å². The van der Waals surface area contributed by atoms with E-state index in [1.54, 1.807) is 0 Å². The van der Waals surface area contributed by atoms with Crippen LogP contribution in [0.1, 0.15) is 68.4 Å².